The van der Waals surface area contributed by atoms with Crippen molar-refractivity contribution in [1.29, 1.82) is 0 Å². The van der Waals surface area contributed by atoms with Crippen LogP contribution in [0.2, 0.25) is 0 Å². The van der Waals surface area contributed by atoms with E-state index < -0.39 is 0 Å². The number of thioether (sulfide) groups is 1. The van der Waals surface area contributed by atoms with Gasteiger partial charge in [0.25, 0.3) is 0 Å². The van der Waals surface area contributed by atoms with Gasteiger partial charge in [0.2, 0.25) is 5.91 Å². The third-order valence-electron chi connectivity index (χ3n) is 2.56. The Hall–Kier alpha value is -0.180. The van der Waals surface area contributed by atoms with Crippen LogP contribution in [0.1, 0.15) is 25.7 Å². The maximum Gasteiger partial charge on any atom is 0.220 e. The fourth-order valence-electron chi connectivity index (χ4n) is 1.92. The first-order valence-electron chi connectivity index (χ1n) is 4.20. The first-order chi connectivity index (χ1) is 5.31. The Morgan fingerprint density at radius 1 is 1.45 bits per heavy atom. The molecule has 2 aliphatic rings. The number of rotatable bonds is 0. The van der Waals surface area contributed by atoms with E-state index in [4.69, 9.17) is 0 Å². The number of carbonyl (C=O) groups excluding carboxylic acids is 1. The van der Waals surface area contributed by atoms with Gasteiger partial charge in [-0.05, 0) is 25.0 Å². The lowest BCUT2D eigenvalue weighted by molar-refractivity contribution is -0.119. The summed E-state index contributed by atoms with van der Waals surface area (Å²) in [5.41, 5.74) is 0.208. The van der Waals surface area contributed by atoms with Gasteiger partial charge in [0.15, 0.2) is 0 Å². The van der Waals surface area contributed by atoms with Crippen LogP contribution >= 0.6 is 11.8 Å². The quantitative estimate of drug-likeness (QED) is 0.592. The highest BCUT2D eigenvalue weighted by Crippen LogP contribution is 2.33. The molecule has 2 fully saturated rings. The van der Waals surface area contributed by atoms with Crippen LogP contribution < -0.4 is 5.32 Å². The minimum Gasteiger partial charge on any atom is -0.350 e. The van der Waals surface area contributed by atoms with Crippen LogP contribution in [-0.4, -0.2) is 23.0 Å². The topological polar surface area (TPSA) is 29.1 Å². The summed E-state index contributed by atoms with van der Waals surface area (Å²) in [6, 6.07) is 0. The Labute approximate surface area is 71.1 Å². The molecule has 1 atom stereocenters. The van der Waals surface area contributed by atoms with E-state index in [-0.39, 0.29) is 11.4 Å². The molecule has 1 unspecified atom stereocenters. The van der Waals surface area contributed by atoms with Gasteiger partial charge in [-0.25, -0.2) is 0 Å². The molecule has 11 heavy (non-hydrogen) atoms. The molecule has 1 amide bonds. The summed E-state index contributed by atoms with van der Waals surface area (Å²) in [6.45, 7) is 0. The molecule has 2 nitrogen and oxygen atoms in total. The second-order valence-corrected chi connectivity index (χ2v) is 4.59. The van der Waals surface area contributed by atoms with Crippen molar-refractivity contribution in [2.24, 2.45) is 0 Å². The molecule has 62 valence electrons. The highest BCUT2D eigenvalue weighted by Gasteiger charge is 2.38. The zero-order valence-corrected chi connectivity index (χ0v) is 7.38. The number of hydrogen-bond donors (Lipinski definition) is 1. The van der Waals surface area contributed by atoms with Crippen molar-refractivity contribution in [3.05, 3.63) is 0 Å². The van der Waals surface area contributed by atoms with Crippen molar-refractivity contribution >= 4 is 17.7 Å². The predicted octanol–water partition coefficient (Wildman–Crippen LogP) is 1.16. The van der Waals surface area contributed by atoms with Crippen molar-refractivity contribution in [2.75, 3.05) is 11.5 Å². The van der Waals surface area contributed by atoms with Crippen molar-refractivity contribution in [3.8, 4) is 0 Å². The Balaban J connectivity index is 2.03. The molecule has 0 aromatic heterocycles. The number of amides is 1. The van der Waals surface area contributed by atoms with Crippen molar-refractivity contribution < 1.29 is 4.79 Å². The highest BCUT2D eigenvalue weighted by molar-refractivity contribution is 7.99. The standard InChI is InChI=1S/C8H13NOS/c10-7-2-4-8(9-7)3-1-5-11-6-8/h1-6H2,(H,9,10). The van der Waals surface area contributed by atoms with Crippen molar-refractivity contribution in [3.63, 3.8) is 0 Å². The lowest BCUT2D eigenvalue weighted by Gasteiger charge is -2.32. The third-order valence-corrected chi connectivity index (χ3v) is 3.89. The summed E-state index contributed by atoms with van der Waals surface area (Å²) in [5.74, 6) is 2.67. The monoisotopic (exact) mass is 171 g/mol. The van der Waals surface area contributed by atoms with E-state index in [1.165, 1.54) is 18.6 Å². The van der Waals surface area contributed by atoms with Gasteiger partial charge < -0.3 is 5.32 Å². The average Bonchev–Trinajstić information content (AvgIpc) is 2.34. The fourth-order valence-corrected chi connectivity index (χ4v) is 3.17. The van der Waals surface area contributed by atoms with Gasteiger partial charge in [-0.15, -0.1) is 0 Å². The predicted molar refractivity (Wildman–Crippen MR) is 46.7 cm³/mol. The van der Waals surface area contributed by atoms with Gasteiger partial charge >= 0.3 is 0 Å². The highest BCUT2D eigenvalue weighted by atomic mass is 32.2. The van der Waals surface area contributed by atoms with Crippen LogP contribution in [-0.2, 0) is 4.79 Å². The molecule has 0 aromatic carbocycles. The molecule has 0 aromatic rings. The Morgan fingerprint density at radius 2 is 2.36 bits per heavy atom. The molecule has 1 spiro atoms. The van der Waals surface area contributed by atoms with Gasteiger partial charge in [-0.2, -0.15) is 11.8 Å². The number of carbonyl (C=O) groups is 1. The first-order valence-corrected chi connectivity index (χ1v) is 5.35. The van der Waals surface area contributed by atoms with Crippen LogP contribution in [0, 0.1) is 0 Å². The molecule has 2 saturated heterocycles. The average molecular weight is 171 g/mol. The summed E-state index contributed by atoms with van der Waals surface area (Å²) in [5, 5.41) is 3.11. The molecule has 0 saturated carbocycles. The van der Waals surface area contributed by atoms with Gasteiger partial charge in [0.05, 0.1) is 0 Å². The summed E-state index contributed by atoms with van der Waals surface area (Å²) in [6.07, 6.45) is 4.29. The van der Waals surface area contributed by atoms with Gasteiger partial charge in [-0.3, -0.25) is 4.79 Å². The Bertz CT molecular complexity index is 175. The zero-order valence-electron chi connectivity index (χ0n) is 6.56. The third kappa shape index (κ3) is 1.39. The number of hydrogen-bond acceptors (Lipinski definition) is 2. The van der Waals surface area contributed by atoms with Crippen molar-refractivity contribution in [2.45, 2.75) is 31.2 Å². The molecule has 2 aliphatic heterocycles. The van der Waals surface area contributed by atoms with E-state index in [0.29, 0.717) is 0 Å². The molecule has 2 rings (SSSR count). The second kappa shape index (κ2) is 2.70. The Morgan fingerprint density at radius 3 is 2.91 bits per heavy atom. The normalized spacial score (nSPS) is 37.6. The molecule has 0 bridgehead atoms. The maximum absolute atomic E-state index is 11.0. The van der Waals surface area contributed by atoms with E-state index in [2.05, 4.69) is 5.32 Å². The minimum atomic E-state index is 0.208. The summed E-state index contributed by atoms with van der Waals surface area (Å²) < 4.78 is 0. The minimum absolute atomic E-state index is 0.208. The van der Waals surface area contributed by atoms with E-state index in [0.717, 1.165) is 18.6 Å². The molecule has 2 heterocycles. The second-order valence-electron chi connectivity index (χ2n) is 3.48. The van der Waals surface area contributed by atoms with E-state index in [1.807, 2.05) is 11.8 Å². The smallest absolute Gasteiger partial charge is 0.220 e. The molecular formula is C8H13NOS. The van der Waals surface area contributed by atoms with E-state index >= 15 is 0 Å². The first kappa shape index (κ1) is 7.47. The molecular weight excluding hydrogens is 158 g/mol. The molecule has 1 N–H and O–H groups in total. The van der Waals surface area contributed by atoms with Crippen LogP contribution in [0.15, 0.2) is 0 Å². The lowest BCUT2D eigenvalue weighted by atomic mass is 9.94. The number of nitrogens with one attached hydrogen (secondary N) is 1. The molecule has 0 radical (unpaired) electrons. The maximum atomic E-state index is 11.0. The van der Waals surface area contributed by atoms with Crippen LogP contribution in [0.5, 0.6) is 0 Å². The Kier molecular flexibility index (Phi) is 1.83. The lowest BCUT2D eigenvalue weighted by Crippen LogP contribution is -2.45. The van der Waals surface area contributed by atoms with Crippen LogP contribution in [0.4, 0.5) is 0 Å². The van der Waals surface area contributed by atoms with Gasteiger partial charge in [0, 0.05) is 17.7 Å². The van der Waals surface area contributed by atoms with Gasteiger partial charge in [0.1, 0.15) is 0 Å². The fraction of sp³-hybridized carbons (Fsp3) is 0.875. The summed E-state index contributed by atoms with van der Waals surface area (Å²) in [7, 11) is 0. The molecule has 3 heteroatoms. The largest absolute Gasteiger partial charge is 0.350 e. The molecule has 0 aliphatic carbocycles. The van der Waals surface area contributed by atoms with Gasteiger partial charge in [-0.1, -0.05) is 0 Å². The zero-order chi connectivity index (χ0) is 7.73. The summed E-state index contributed by atoms with van der Waals surface area (Å²) in [4.78, 5) is 11.0. The SMILES string of the molecule is O=C1CCC2(CCCSC2)N1. The van der Waals surface area contributed by atoms with E-state index in [1.54, 1.807) is 0 Å². The van der Waals surface area contributed by atoms with Crippen molar-refractivity contribution in [1.82, 2.24) is 5.32 Å². The van der Waals surface area contributed by atoms with Crippen LogP contribution in [0.3, 0.4) is 0 Å². The summed E-state index contributed by atoms with van der Waals surface area (Å²) >= 11 is 1.98. The van der Waals surface area contributed by atoms with E-state index in [9.17, 15) is 4.79 Å². The van der Waals surface area contributed by atoms with Crippen LogP contribution in [0.25, 0.3) is 0 Å².